The van der Waals surface area contributed by atoms with Gasteiger partial charge in [0.05, 0.1) is 26.4 Å². The zero-order valence-corrected chi connectivity index (χ0v) is 9.35. The minimum absolute atomic E-state index is 0.0343. The lowest BCUT2D eigenvalue weighted by Crippen LogP contribution is -2.28. The van der Waals surface area contributed by atoms with Crippen LogP contribution < -0.4 is 5.73 Å². The van der Waals surface area contributed by atoms with Gasteiger partial charge in [-0.2, -0.15) is 0 Å². The third kappa shape index (κ3) is 4.14. The number of carbonyl (C=O) groups excluding carboxylic acids is 1. The molecule has 0 fully saturated rings. The first-order valence-corrected chi connectivity index (χ1v) is 5.29. The zero-order chi connectivity index (χ0) is 11.8. The molecule has 0 saturated carbocycles. The summed E-state index contributed by atoms with van der Waals surface area (Å²) in [5.41, 5.74) is 5.97. The molecule has 1 heterocycles. The standard InChI is InChI=1S/C11H18N2O3/c1-10-2-3-11(14)13(10)5-7-16-9-8-15-6-4-12/h2-3H,1,4-9,12H2. The fourth-order valence-corrected chi connectivity index (χ4v) is 1.30. The normalized spacial score (nSPS) is 15.2. The second-order valence-corrected chi connectivity index (χ2v) is 3.33. The van der Waals surface area contributed by atoms with Gasteiger partial charge >= 0.3 is 0 Å². The molecule has 0 unspecified atom stereocenters. The third-order valence-corrected chi connectivity index (χ3v) is 2.12. The number of allylic oxidation sites excluding steroid dienone is 1. The van der Waals surface area contributed by atoms with E-state index in [4.69, 9.17) is 15.2 Å². The Bertz CT molecular complexity index is 258. The number of rotatable bonds is 8. The number of hydrogen-bond acceptors (Lipinski definition) is 4. The molecule has 0 aromatic carbocycles. The zero-order valence-electron chi connectivity index (χ0n) is 9.35. The van der Waals surface area contributed by atoms with Crippen LogP contribution in [0.2, 0.25) is 0 Å². The van der Waals surface area contributed by atoms with Crippen molar-refractivity contribution in [1.82, 2.24) is 4.90 Å². The van der Waals surface area contributed by atoms with Crippen LogP contribution in [0.1, 0.15) is 0 Å². The first-order valence-electron chi connectivity index (χ1n) is 5.29. The van der Waals surface area contributed by atoms with Crippen LogP contribution >= 0.6 is 0 Å². The number of carbonyl (C=O) groups is 1. The van der Waals surface area contributed by atoms with Gasteiger partial charge in [0.25, 0.3) is 5.91 Å². The minimum atomic E-state index is -0.0343. The average molecular weight is 226 g/mol. The van der Waals surface area contributed by atoms with E-state index in [0.717, 1.165) is 0 Å². The van der Waals surface area contributed by atoms with E-state index >= 15 is 0 Å². The van der Waals surface area contributed by atoms with E-state index in [-0.39, 0.29) is 5.91 Å². The van der Waals surface area contributed by atoms with Crippen molar-refractivity contribution >= 4 is 5.91 Å². The van der Waals surface area contributed by atoms with Crippen molar-refractivity contribution in [2.75, 3.05) is 39.5 Å². The van der Waals surface area contributed by atoms with Gasteiger partial charge in [-0.3, -0.25) is 4.79 Å². The molecule has 5 heteroatoms. The number of hydrogen-bond donors (Lipinski definition) is 1. The molecule has 0 saturated heterocycles. The average Bonchev–Trinajstić information content (AvgIpc) is 2.59. The highest BCUT2D eigenvalue weighted by molar-refractivity contribution is 5.92. The second kappa shape index (κ2) is 7.16. The molecule has 5 nitrogen and oxygen atoms in total. The first kappa shape index (κ1) is 12.9. The maximum Gasteiger partial charge on any atom is 0.251 e. The molecule has 0 aromatic heterocycles. The van der Waals surface area contributed by atoms with Gasteiger partial charge in [-0.15, -0.1) is 0 Å². The molecule has 0 bridgehead atoms. The van der Waals surface area contributed by atoms with E-state index in [9.17, 15) is 4.79 Å². The fraction of sp³-hybridized carbons (Fsp3) is 0.545. The highest BCUT2D eigenvalue weighted by Crippen LogP contribution is 2.11. The summed E-state index contributed by atoms with van der Waals surface area (Å²) in [6.07, 6.45) is 3.21. The molecule has 90 valence electrons. The number of ether oxygens (including phenoxy) is 2. The van der Waals surface area contributed by atoms with Crippen LogP contribution in [0, 0.1) is 0 Å². The van der Waals surface area contributed by atoms with Crippen LogP contribution in [0.25, 0.3) is 0 Å². The van der Waals surface area contributed by atoms with Crippen molar-refractivity contribution < 1.29 is 14.3 Å². The molecule has 1 rings (SSSR count). The largest absolute Gasteiger partial charge is 0.378 e. The maximum absolute atomic E-state index is 11.3. The van der Waals surface area contributed by atoms with Gasteiger partial charge in [0.2, 0.25) is 0 Å². The van der Waals surface area contributed by atoms with Gasteiger partial charge in [-0.1, -0.05) is 6.58 Å². The topological polar surface area (TPSA) is 64.8 Å². The number of amides is 1. The lowest BCUT2D eigenvalue weighted by Gasteiger charge is -2.16. The van der Waals surface area contributed by atoms with Crippen molar-refractivity contribution in [3.8, 4) is 0 Å². The van der Waals surface area contributed by atoms with E-state index in [1.807, 2.05) is 0 Å². The quantitative estimate of drug-likeness (QED) is 0.586. The van der Waals surface area contributed by atoms with Gasteiger partial charge < -0.3 is 20.1 Å². The van der Waals surface area contributed by atoms with Crippen LogP contribution in [-0.2, 0) is 14.3 Å². The second-order valence-electron chi connectivity index (χ2n) is 3.33. The van der Waals surface area contributed by atoms with E-state index < -0.39 is 0 Å². The van der Waals surface area contributed by atoms with Crippen LogP contribution in [0.3, 0.4) is 0 Å². The summed E-state index contributed by atoms with van der Waals surface area (Å²) in [7, 11) is 0. The van der Waals surface area contributed by atoms with Crippen molar-refractivity contribution in [3.63, 3.8) is 0 Å². The van der Waals surface area contributed by atoms with Crippen molar-refractivity contribution in [2.24, 2.45) is 5.73 Å². The first-order chi connectivity index (χ1) is 7.75. The van der Waals surface area contributed by atoms with E-state index in [1.54, 1.807) is 11.0 Å². The molecule has 0 aromatic rings. The van der Waals surface area contributed by atoms with Crippen LogP contribution in [0.4, 0.5) is 0 Å². The predicted octanol–water partition coefficient (Wildman–Crippen LogP) is -0.110. The highest BCUT2D eigenvalue weighted by atomic mass is 16.5. The Balaban J connectivity index is 1.99. The van der Waals surface area contributed by atoms with Gasteiger partial charge in [-0.25, -0.2) is 0 Å². The van der Waals surface area contributed by atoms with Crippen LogP contribution in [-0.4, -0.2) is 50.3 Å². The summed E-state index contributed by atoms with van der Waals surface area (Å²) in [5.74, 6) is -0.0343. The molecular weight excluding hydrogens is 208 g/mol. The molecular formula is C11H18N2O3. The predicted molar refractivity (Wildman–Crippen MR) is 60.7 cm³/mol. The Kier molecular flexibility index (Phi) is 5.77. The summed E-state index contributed by atoms with van der Waals surface area (Å²) >= 11 is 0. The number of nitrogens with zero attached hydrogens (tertiary/aromatic N) is 1. The minimum Gasteiger partial charge on any atom is -0.378 e. The SMILES string of the molecule is C=C1C=CC(=O)N1CCOCCOCCN. The molecule has 16 heavy (non-hydrogen) atoms. The Hall–Kier alpha value is -1.17. The Morgan fingerprint density at radius 2 is 1.88 bits per heavy atom. The van der Waals surface area contributed by atoms with E-state index in [0.29, 0.717) is 45.2 Å². The molecule has 0 spiro atoms. The maximum atomic E-state index is 11.3. The van der Waals surface area contributed by atoms with Gasteiger partial charge in [-0.05, 0) is 6.08 Å². The van der Waals surface area contributed by atoms with Gasteiger partial charge in [0.15, 0.2) is 0 Å². The lowest BCUT2D eigenvalue weighted by molar-refractivity contribution is -0.123. The molecule has 0 radical (unpaired) electrons. The van der Waals surface area contributed by atoms with E-state index in [2.05, 4.69) is 6.58 Å². The van der Waals surface area contributed by atoms with Crippen molar-refractivity contribution in [1.29, 1.82) is 0 Å². The summed E-state index contributed by atoms with van der Waals surface area (Å²) in [6.45, 7) is 6.88. The third-order valence-electron chi connectivity index (χ3n) is 2.12. The Morgan fingerprint density at radius 1 is 1.19 bits per heavy atom. The Morgan fingerprint density at radius 3 is 2.44 bits per heavy atom. The summed E-state index contributed by atoms with van der Waals surface area (Å²) in [5, 5.41) is 0. The Labute approximate surface area is 95.5 Å². The highest BCUT2D eigenvalue weighted by Gasteiger charge is 2.17. The molecule has 1 amide bonds. The summed E-state index contributed by atoms with van der Waals surface area (Å²) in [6, 6.07) is 0. The molecule has 1 aliphatic rings. The summed E-state index contributed by atoms with van der Waals surface area (Å²) in [4.78, 5) is 12.9. The molecule has 1 aliphatic heterocycles. The van der Waals surface area contributed by atoms with Gasteiger partial charge in [0.1, 0.15) is 0 Å². The molecule has 0 atom stereocenters. The molecule has 0 aliphatic carbocycles. The lowest BCUT2D eigenvalue weighted by atomic mass is 10.4. The molecule has 2 N–H and O–H groups in total. The van der Waals surface area contributed by atoms with Crippen LogP contribution in [0.5, 0.6) is 0 Å². The monoisotopic (exact) mass is 226 g/mol. The van der Waals surface area contributed by atoms with Gasteiger partial charge in [0, 0.05) is 24.9 Å². The summed E-state index contributed by atoms with van der Waals surface area (Å²) < 4.78 is 10.4. The van der Waals surface area contributed by atoms with Crippen molar-refractivity contribution in [2.45, 2.75) is 0 Å². The fourth-order valence-electron chi connectivity index (χ4n) is 1.30. The van der Waals surface area contributed by atoms with Crippen LogP contribution in [0.15, 0.2) is 24.4 Å². The number of nitrogens with two attached hydrogens (primary N) is 1. The van der Waals surface area contributed by atoms with E-state index in [1.165, 1.54) is 6.08 Å². The van der Waals surface area contributed by atoms with Crippen molar-refractivity contribution in [3.05, 3.63) is 24.4 Å². The smallest absolute Gasteiger partial charge is 0.251 e.